The number of ether oxygens (including phenoxy) is 2. The number of amides is 4. The molecule has 2 aromatic carbocycles. The molecule has 0 radical (unpaired) electrons. The van der Waals surface area contributed by atoms with Gasteiger partial charge in [0, 0.05) is 32.6 Å². The molecule has 1 saturated heterocycles. The average molecular weight is 608 g/mol. The van der Waals surface area contributed by atoms with E-state index < -0.39 is 29.3 Å². The normalized spacial score (nSPS) is 21.9. The molecule has 0 aliphatic carbocycles. The molecule has 11 nitrogen and oxygen atoms in total. The smallest absolute Gasteiger partial charge is 0.255 e. The van der Waals surface area contributed by atoms with Gasteiger partial charge in [-0.25, -0.2) is 0 Å². The van der Waals surface area contributed by atoms with E-state index in [1.54, 1.807) is 38.1 Å². The monoisotopic (exact) mass is 607 g/mol. The number of nitrogens with one attached hydrogen (secondary N) is 4. The first-order chi connectivity index (χ1) is 21.0. The molecule has 2 heterocycles. The average Bonchev–Trinajstić information content (AvgIpc) is 3.00. The van der Waals surface area contributed by atoms with Crippen LogP contribution in [0, 0.1) is 5.92 Å². The molecule has 238 valence electrons. The Balaban J connectivity index is 1.47. The van der Waals surface area contributed by atoms with Crippen LogP contribution in [0.15, 0.2) is 48.5 Å². The number of carbonyl (C=O) groups is 4. The number of hydrogen-bond donors (Lipinski definition) is 4. The quantitative estimate of drug-likeness (QED) is 0.395. The van der Waals surface area contributed by atoms with Crippen molar-refractivity contribution in [2.24, 2.45) is 5.92 Å². The van der Waals surface area contributed by atoms with Crippen molar-refractivity contribution < 1.29 is 28.7 Å². The predicted octanol–water partition coefficient (Wildman–Crippen LogP) is 2.14. The molecule has 4 rings (SSSR count). The van der Waals surface area contributed by atoms with Crippen molar-refractivity contribution in [3.8, 4) is 5.75 Å². The summed E-state index contributed by atoms with van der Waals surface area (Å²) in [6.07, 6.45) is -0.0334. The first kappa shape index (κ1) is 32.9. The summed E-state index contributed by atoms with van der Waals surface area (Å²) in [7, 11) is 0. The first-order valence-corrected chi connectivity index (χ1v) is 15.3. The summed E-state index contributed by atoms with van der Waals surface area (Å²) >= 11 is 0. The number of carbonyl (C=O) groups excluding carboxylic acids is 4. The molecule has 11 heteroatoms. The van der Waals surface area contributed by atoms with E-state index in [4.69, 9.17) is 9.47 Å². The van der Waals surface area contributed by atoms with Crippen LogP contribution in [-0.4, -0.2) is 79.1 Å². The van der Waals surface area contributed by atoms with Gasteiger partial charge in [-0.05, 0) is 49.4 Å². The third kappa shape index (κ3) is 9.27. The Kier molecular flexibility index (Phi) is 11.4. The molecule has 4 amide bonds. The topological polar surface area (TPSA) is 138 Å². The number of fused-ring (bicyclic) bond motifs is 1. The Morgan fingerprint density at radius 3 is 2.39 bits per heavy atom. The van der Waals surface area contributed by atoms with Crippen LogP contribution in [0.3, 0.4) is 0 Å². The molecule has 2 aliphatic rings. The molecule has 2 atom stereocenters. The minimum Gasteiger partial charge on any atom is -0.491 e. The molecule has 44 heavy (non-hydrogen) atoms. The fraction of sp³-hybridized carbons (Fsp3) is 0.515. The molecule has 0 bridgehead atoms. The van der Waals surface area contributed by atoms with Gasteiger partial charge in [-0.15, -0.1) is 0 Å². The van der Waals surface area contributed by atoms with Crippen molar-refractivity contribution in [2.75, 3.05) is 32.9 Å². The summed E-state index contributed by atoms with van der Waals surface area (Å²) in [6, 6.07) is 13.5. The maximum absolute atomic E-state index is 13.4. The number of rotatable bonds is 6. The van der Waals surface area contributed by atoms with E-state index in [2.05, 4.69) is 26.2 Å². The highest BCUT2D eigenvalue weighted by molar-refractivity contribution is 6.00. The van der Waals surface area contributed by atoms with Crippen molar-refractivity contribution in [3.05, 3.63) is 65.2 Å². The Morgan fingerprint density at radius 2 is 1.68 bits per heavy atom. The van der Waals surface area contributed by atoms with Gasteiger partial charge in [-0.3, -0.25) is 24.1 Å². The molecule has 0 aromatic heterocycles. The van der Waals surface area contributed by atoms with Crippen LogP contribution in [0.5, 0.6) is 5.75 Å². The molecule has 2 aliphatic heterocycles. The second kappa shape index (κ2) is 15.2. The molecular formula is C33H45N5O6. The summed E-state index contributed by atoms with van der Waals surface area (Å²) in [6.45, 7) is 11.7. The van der Waals surface area contributed by atoms with E-state index >= 15 is 0 Å². The molecule has 0 spiro atoms. The highest BCUT2D eigenvalue weighted by atomic mass is 16.5. The van der Waals surface area contributed by atoms with E-state index in [0.29, 0.717) is 5.75 Å². The van der Waals surface area contributed by atoms with Crippen molar-refractivity contribution in [3.63, 3.8) is 0 Å². The third-order valence-electron chi connectivity index (χ3n) is 7.97. The lowest BCUT2D eigenvalue weighted by Crippen LogP contribution is -2.58. The highest BCUT2D eigenvalue weighted by Gasteiger charge is 2.33. The van der Waals surface area contributed by atoms with E-state index in [1.807, 2.05) is 38.1 Å². The van der Waals surface area contributed by atoms with Gasteiger partial charge < -0.3 is 30.7 Å². The maximum Gasteiger partial charge on any atom is 0.255 e. The number of para-hydroxylation sites is 1. The maximum atomic E-state index is 13.4. The molecule has 0 saturated carbocycles. The van der Waals surface area contributed by atoms with Gasteiger partial charge in [0.15, 0.2) is 0 Å². The van der Waals surface area contributed by atoms with Crippen LogP contribution >= 0.6 is 0 Å². The first-order valence-electron chi connectivity index (χ1n) is 15.3. The Labute approximate surface area is 259 Å². The van der Waals surface area contributed by atoms with Gasteiger partial charge >= 0.3 is 0 Å². The third-order valence-corrected chi connectivity index (χ3v) is 7.97. The number of benzene rings is 2. The fourth-order valence-electron chi connectivity index (χ4n) is 5.05. The molecule has 1 fully saturated rings. The summed E-state index contributed by atoms with van der Waals surface area (Å²) in [5.74, 6) is -1.30. The summed E-state index contributed by atoms with van der Waals surface area (Å²) < 4.78 is 11.4. The van der Waals surface area contributed by atoms with Gasteiger partial charge in [0.2, 0.25) is 17.7 Å². The Hall–Kier alpha value is -3.96. The summed E-state index contributed by atoms with van der Waals surface area (Å²) in [4.78, 5) is 55.2. The van der Waals surface area contributed by atoms with Crippen LogP contribution in [-0.2, 0) is 32.2 Å². The Morgan fingerprint density at radius 1 is 1.00 bits per heavy atom. The van der Waals surface area contributed by atoms with Gasteiger partial charge in [-0.2, -0.15) is 0 Å². The lowest BCUT2D eigenvalue weighted by atomic mass is 10.00. The van der Waals surface area contributed by atoms with Crippen molar-refractivity contribution in [2.45, 2.75) is 71.2 Å². The second-order valence-electron chi connectivity index (χ2n) is 12.3. The SMILES string of the molecule is CC(C)[C@@H]1COc2ccccc2C(=O)N[C@H](C(=O)NCc2ccc(CN3CCOCC3)cc2)CCC(=O)NC(C)(C)C(=O)N1. The van der Waals surface area contributed by atoms with Gasteiger partial charge in [0.1, 0.15) is 23.9 Å². The van der Waals surface area contributed by atoms with Crippen molar-refractivity contribution in [1.82, 2.24) is 26.2 Å². The number of hydrogen-bond acceptors (Lipinski definition) is 7. The van der Waals surface area contributed by atoms with Gasteiger partial charge in [0.25, 0.3) is 5.91 Å². The van der Waals surface area contributed by atoms with Gasteiger partial charge in [-0.1, -0.05) is 50.2 Å². The predicted molar refractivity (Wildman–Crippen MR) is 166 cm³/mol. The molecule has 4 N–H and O–H groups in total. The second-order valence-corrected chi connectivity index (χ2v) is 12.3. The van der Waals surface area contributed by atoms with Gasteiger partial charge in [0.05, 0.1) is 24.8 Å². The molecule has 0 unspecified atom stereocenters. The van der Waals surface area contributed by atoms with E-state index in [-0.39, 0.29) is 49.4 Å². The van der Waals surface area contributed by atoms with Crippen LogP contribution < -0.4 is 26.0 Å². The number of morpholine rings is 1. The zero-order chi connectivity index (χ0) is 31.7. The van der Waals surface area contributed by atoms with Crippen LogP contribution in [0.25, 0.3) is 0 Å². The van der Waals surface area contributed by atoms with Crippen molar-refractivity contribution >= 4 is 23.6 Å². The summed E-state index contributed by atoms with van der Waals surface area (Å²) in [5, 5.41) is 11.5. The van der Waals surface area contributed by atoms with Crippen molar-refractivity contribution in [1.29, 1.82) is 0 Å². The summed E-state index contributed by atoms with van der Waals surface area (Å²) in [5.41, 5.74) is 1.16. The van der Waals surface area contributed by atoms with Crippen LogP contribution in [0.1, 0.15) is 62.0 Å². The Bertz CT molecular complexity index is 1310. The van der Waals surface area contributed by atoms with E-state index in [9.17, 15) is 19.2 Å². The zero-order valence-electron chi connectivity index (χ0n) is 26.1. The largest absolute Gasteiger partial charge is 0.491 e. The van der Waals surface area contributed by atoms with Crippen LogP contribution in [0.4, 0.5) is 0 Å². The minimum atomic E-state index is -1.20. The molecule has 2 aromatic rings. The molecular weight excluding hydrogens is 562 g/mol. The number of nitrogens with zero attached hydrogens (tertiary/aromatic N) is 1. The highest BCUT2D eigenvalue weighted by Crippen LogP contribution is 2.20. The minimum absolute atomic E-state index is 0.0242. The fourth-order valence-corrected chi connectivity index (χ4v) is 5.05. The lowest BCUT2D eigenvalue weighted by Gasteiger charge is -2.30. The van der Waals surface area contributed by atoms with E-state index in [1.165, 1.54) is 5.56 Å². The standard InChI is InChI=1S/C33H45N5O6/c1-22(2)27-21-44-28-8-6-5-7-25(28)30(40)35-26(13-14-29(39)37-33(3,4)32(42)36-27)31(41)34-19-23-9-11-24(12-10-23)20-38-15-17-43-18-16-38/h5-12,22,26-27H,13-21H2,1-4H3,(H,34,41)(H,35,40)(H,36,42)(H,37,39)/t26-,27-/m0/s1. The van der Waals surface area contributed by atoms with Crippen LogP contribution in [0.2, 0.25) is 0 Å². The van der Waals surface area contributed by atoms with E-state index in [0.717, 1.165) is 38.4 Å². The zero-order valence-corrected chi connectivity index (χ0v) is 26.1. The lowest BCUT2D eigenvalue weighted by molar-refractivity contribution is -0.133.